The van der Waals surface area contributed by atoms with Gasteiger partial charge >= 0.3 is 11.9 Å². The number of aliphatic carboxylic acids is 1. The maximum absolute atomic E-state index is 12.6. The Kier molecular flexibility index (Phi) is 26.4. The summed E-state index contributed by atoms with van der Waals surface area (Å²) in [6.45, 7) is 8.52. The second kappa shape index (κ2) is 29.6. The smallest absolute Gasteiger partial charge is 0.311 e. The Morgan fingerprint density at radius 1 is 0.627 bits per heavy atom. The standard InChI is InChI=1S/C49H76O17.CH4/c1-29-19-17-15-13-11-9-7-8-10-12-14-16-18-20-37(65-48-46(59)31(3)45(58)33(5)64-48)26-41-43(47(60)61)40(55)28-49(62-6,66-41)27-36(52)24-39(54)38(53)22-21-34(50)23-35(51)25-42(56)63-32(4)30(2)44(29)57;/h7-20,29-41,43-46,48,50-55,57-59H,21-28H2,1-6H3,(H,60,61);1H4/b8-7+,11-9+,12-10+,15-13+,16-14+,19-17+,20-18+;. The molecule has 2 saturated heterocycles. The first-order chi connectivity index (χ1) is 31.2. The van der Waals surface area contributed by atoms with Crippen molar-refractivity contribution in [3.8, 4) is 0 Å². The van der Waals surface area contributed by atoms with Crippen LogP contribution in [0.4, 0.5) is 0 Å². The van der Waals surface area contributed by atoms with Crippen LogP contribution in [0.1, 0.15) is 93.4 Å². The summed E-state index contributed by atoms with van der Waals surface area (Å²) >= 11 is 0. The topological polar surface area (TPSA) is 283 Å². The molecule has 3 heterocycles. The molecule has 0 radical (unpaired) electrons. The second-order valence-corrected chi connectivity index (χ2v) is 18.0. The molecule has 10 N–H and O–H groups in total. The van der Waals surface area contributed by atoms with Crippen LogP contribution in [0.3, 0.4) is 0 Å². The fraction of sp³-hybridized carbons (Fsp3) is 0.680. The molecule has 3 rings (SSSR count). The first-order valence-electron chi connectivity index (χ1n) is 23.0. The molecule has 0 aromatic rings. The Hall–Kier alpha value is -3.40. The number of fused-ring (bicyclic) bond motifs is 2. The zero-order valence-corrected chi connectivity index (χ0v) is 39.0. The van der Waals surface area contributed by atoms with Crippen molar-refractivity contribution in [2.75, 3.05) is 7.11 Å². The highest BCUT2D eigenvalue weighted by Crippen LogP contribution is 2.40. The van der Waals surface area contributed by atoms with Crippen LogP contribution in [0, 0.1) is 23.7 Å². The maximum atomic E-state index is 12.6. The van der Waals surface area contributed by atoms with Gasteiger partial charge in [0.2, 0.25) is 0 Å². The Bertz CT molecular complexity index is 1680. The number of methoxy groups -OCH3 is 1. The van der Waals surface area contributed by atoms with E-state index < -0.39 is 134 Å². The summed E-state index contributed by atoms with van der Waals surface area (Å²) < 4.78 is 29.6. The summed E-state index contributed by atoms with van der Waals surface area (Å²) in [7, 11) is 1.26. The number of allylic oxidation sites excluding steroid dienone is 12. The number of carboxylic acid groups (broad SMARTS) is 1. The monoisotopic (exact) mass is 953 g/mol. The van der Waals surface area contributed by atoms with Gasteiger partial charge in [0.1, 0.15) is 18.1 Å². The average molecular weight is 953 g/mol. The highest BCUT2D eigenvalue weighted by molar-refractivity contribution is 5.71. The number of aliphatic hydroxyl groups excluding tert-OH is 9. The lowest BCUT2D eigenvalue weighted by molar-refractivity contribution is -0.318. The van der Waals surface area contributed by atoms with E-state index in [0.717, 1.165) is 0 Å². The molecule has 17 nitrogen and oxygen atoms in total. The molecule has 2 bridgehead atoms. The zero-order chi connectivity index (χ0) is 49.1. The SMILES string of the molecule is C.COC12CC(O)CC(O)C(O)CCC(O)CC(O)CC(=O)OC(C)C(C)C(O)C(C)/C=C/C=C/C=C/C=C/C=C/C=C/C=C/C(OC3OC(C)C(O)C(C)C3O)CC(O1)C(C(=O)O)C(O)C2. The van der Waals surface area contributed by atoms with Crippen LogP contribution in [0.5, 0.6) is 0 Å². The van der Waals surface area contributed by atoms with E-state index in [9.17, 15) is 60.7 Å². The van der Waals surface area contributed by atoms with Gasteiger partial charge in [0.25, 0.3) is 0 Å². The van der Waals surface area contributed by atoms with Crippen molar-refractivity contribution in [3.05, 3.63) is 85.1 Å². The number of cyclic esters (lactones) is 1. The molecule has 0 spiro atoms. The lowest BCUT2D eigenvalue weighted by Gasteiger charge is -2.47. The summed E-state index contributed by atoms with van der Waals surface area (Å²) in [6.07, 6.45) is 6.33. The Morgan fingerprint density at radius 2 is 1.19 bits per heavy atom. The molecular weight excluding hydrogens is 873 g/mol. The molecule has 0 amide bonds. The third-order valence-electron chi connectivity index (χ3n) is 12.7. The molecule has 67 heavy (non-hydrogen) atoms. The molecule has 0 aromatic heterocycles. The van der Waals surface area contributed by atoms with Gasteiger partial charge < -0.3 is 74.7 Å². The number of rotatable bonds is 4. The van der Waals surface area contributed by atoms with Crippen molar-refractivity contribution in [1.82, 2.24) is 0 Å². The number of ether oxygens (including phenoxy) is 5. The number of aliphatic hydroxyl groups is 9. The molecule has 0 aliphatic carbocycles. The quantitative estimate of drug-likeness (QED) is 0.181. The molecule has 2 fully saturated rings. The highest BCUT2D eigenvalue weighted by Gasteiger charge is 2.52. The van der Waals surface area contributed by atoms with Crippen LogP contribution in [0.2, 0.25) is 0 Å². The first-order valence-corrected chi connectivity index (χ1v) is 23.0. The van der Waals surface area contributed by atoms with Crippen molar-refractivity contribution < 1.29 is 84.3 Å². The van der Waals surface area contributed by atoms with Crippen LogP contribution >= 0.6 is 0 Å². The normalized spacial score (nSPS) is 44.3. The number of carboxylic acids is 1. The van der Waals surface area contributed by atoms with Crippen LogP contribution in [-0.4, -0.2) is 162 Å². The number of hydrogen-bond acceptors (Lipinski definition) is 16. The molecule has 0 saturated carbocycles. The van der Waals surface area contributed by atoms with Gasteiger partial charge in [-0.25, -0.2) is 0 Å². The predicted molar refractivity (Wildman–Crippen MR) is 250 cm³/mol. The highest BCUT2D eigenvalue weighted by atomic mass is 16.7. The number of carbonyl (C=O) groups is 2. The lowest BCUT2D eigenvalue weighted by atomic mass is 9.82. The van der Waals surface area contributed by atoms with E-state index in [2.05, 4.69) is 0 Å². The Labute approximate surface area is 396 Å². The average Bonchev–Trinajstić information content (AvgIpc) is 3.24. The van der Waals surface area contributed by atoms with Gasteiger partial charge in [0, 0.05) is 50.5 Å². The predicted octanol–water partition coefficient (Wildman–Crippen LogP) is 3.31. The summed E-state index contributed by atoms with van der Waals surface area (Å²) in [5.74, 6) is -6.67. The molecule has 382 valence electrons. The Balaban J connectivity index is 0.0000154. The van der Waals surface area contributed by atoms with E-state index in [4.69, 9.17) is 23.7 Å². The van der Waals surface area contributed by atoms with Gasteiger partial charge in [0.05, 0.1) is 73.6 Å². The third-order valence-corrected chi connectivity index (χ3v) is 12.7. The van der Waals surface area contributed by atoms with E-state index in [1.165, 1.54) is 7.11 Å². The van der Waals surface area contributed by atoms with Gasteiger partial charge in [-0.05, 0) is 33.1 Å². The van der Waals surface area contributed by atoms with Gasteiger partial charge in [-0.1, -0.05) is 113 Å². The molecular formula is C50H80O17. The van der Waals surface area contributed by atoms with Crippen molar-refractivity contribution in [1.29, 1.82) is 0 Å². The molecule has 0 aromatic carbocycles. The molecule has 3 aliphatic heterocycles. The van der Waals surface area contributed by atoms with E-state index in [-0.39, 0.29) is 51.9 Å². The van der Waals surface area contributed by atoms with Gasteiger partial charge in [-0.3, -0.25) is 9.59 Å². The fourth-order valence-corrected chi connectivity index (χ4v) is 8.34. The minimum absolute atomic E-state index is 0. The van der Waals surface area contributed by atoms with Crippen LogP contribution < -0.4 is 0 Å². The van der Waals surface area contributed by atoms with Crippen molar-refractivity contribution in [2.24, 2.45) is 23.7 Å². The summed E-state index contributed by atoms with van der Waals surface area (Å²) in [5.41, 5.74) is 0. The van der Waals surface area contributed by atoms with Gasteiger partial charge in [-0.2, -0.15) is 0 Å². The van der Waals surface area contributed by atoms with Crippen molar-refractivity contribution >= 4 is 11.9 Å². The van der Waals surface area contributed by atoms with E-state index in [1.807, 2.05) is 49.5 Å². The minimum atomic E-state index is -1.76. The van der Waals surface area contributed by atoms with Crippen molar-refractivity contribution in [2.45, 2.75) is 185 Å². The second-order valence-electron chi connectivity index (χ2n) is 18.0. The largest absolute Gasteiger partial charge is 0.481 e. The molecule has 19 unspecified atom stereocenters. The number of esters is 1. The van der Waals surface area contributed by atoms with Crippen LogP contribution in [0.25, 0.3) is 0 Å². The van der Waals surface area contributed by atoms with Crippen LogP contribution in [0.15, 0.2) is 85.1 Å². The van der Waals surface area contributed by atoms with E-state index >= 15 is 0 Å². The first kappa shape index (κ1) is 59.7. The number of carbonyl (C=O) groups excluding carboxylic acids is 1. The Morgan fingerprint density at radius 3 is 1.76 bits per heavy atom. The molecule has 3 aliphatic rings. The zero-order valence-electron chi connectivity index (χ0n) is 39.0. The van der Waals surface area contributed by atoms with Gasteiger partial charge in [0.15, 0.2) is 12.1 Å². The number of hydrogen-bond donors (Lipinski definition) is 10. The fourth-order valence-electron chi connectivity index (χ4n) is 8.34. The summed E-state index contributed by atoms with van der Waals surface area (Å²) in [4.78, 5) is 25.3. The van der Waals surface area contributed by atoms with E-state index in [0.29, 0.717) is 0 Å². The molecule has 17 heteroatoms. The summed E-state index contributed by atoms with van der Waals surface area (Å²) in [5, 5.41) is 108. The van der Waals surface area contributed by atoms with Crippen LogP contribution in [-0.2, 0) is 33.3 Å². The lowest BCUT2D eigenvalue weighted by Crippen LogP contribution is -2.57. The third kappa shape index (κ3) is 19.5. The van der Waals surface area contributed by atoms with Gasteiger partial charge in [-0.15, -0.1) is 0 Å². The van der Waals surface area contributed by atoms with E-state index in [1.54, 1.807) is 70.2 Å². The van der Waals surface area contributed by atoms with Crippen molar-refractivity contribution in [3.63, 3.8) is 0 Å². The summed E-state index contributed by atoms with van der Waals surface area (Å²) in [6, 6.07) is 0. The molecule has 19 atom stereocenters. The minimum Gasteiger partial charge on any atom is -0.481 e. The maximum Gasteiger partial charge on any atom is 0.311 e.